The molecule has 1 unspecified atom stereocenters. The van der Waals surface area contributed by atoms with Crippen LogP contribution in [0.4, 0.5) is 16.0 Å². The van der Waals surface area contributed by atoms with Crippen molar-refractivity contribution in [2.24, 2.45) is 7.05 Å². The number of thiazole rings is 1. The van der Waals surface area contributed by atoms with Gasteiger partial charge in [0, 0.05) is 48.5 Å². The van der Waals surface area contributed by atoms with E-state index in [9.17, 15) is 0 Å². The number of rotatable bonds is 5. The predicted octanol–water partition coefficient (Wildman–Crippen LogP) is 4.10. The monoisotopic (exact) mass is 481 g/mol. The number of hydrogen-bond acceptors (Lipinski definition) is 9. The van der Waals surface area contributed by atoms with Crippen LogP contribution in [0.25, 0.3) is 11.1 Å². The molecule has 0 fully saturated rings. The maximum absolute atomic E-state index is 15.0. The van der Waals surface area contributed by atoms with E-state index in [4.69, 9.17) is 9.47 Å². The van der Waals surface area contributed by atoms with Crippen LogP contribution >= 0.6 is 11.3 Å². The van der Waals surface area contributed by atoms with E-state index in [0.29, 0.717) is 35.9 Å². The van der Waals surface area contributed by atoms with Crippen molar-refractivity contribution >= 4 is 23.0 Å². The Bertz CT molecular complexity index is 1340. The summed E-state index contributed by atoms with van der Waals surface area (Å²) in [5.74, 6) is 0.665. The Hall–Kier alpha value is -3.57. The van der Waals surface area contributed by atoms with Crippen LogP contribution in [0.15, 0.2) is 36.0 Å². The third kappa shape index (κ3) is 4.44. The van der Waals surface area contributed by atoms with Crippen molar-refractivity contribution in [1.82, 2.24) is 29.6 Å². The summed E-state index contributed by atoms with van der Waals surface area (Å²) in [6.07, 6.45) is 3.17. The van der Waals surface area contributed by atoms with E-state index >= 15 is 4.39 Å². The molecule has 5 heterocycles. The summed E-state index contributed by atoms with van der Waals surface area (Å²) in [6, 6.07) is 5.09. The van der Waals surface area contributed by atoms with Crippen LogP contribution in [-0.2, 0) is 13.6 Å². The summed E-state index contributed by atoms with van der Waals surface area (Å²) >= 11 is 1.57. The van der Waals surface area contributed by atoms with Crippen molar-refractivity contribution in [3.63, 3.8) is 0 Å². The fourth-order valence-corrected chi connectivity index (χ4v) is 4.64. The van der Waals surface area contributed by atoms with Gasteiger partial charge in [0.15, 0.2) is 17.7 Å². The van der Waals surface area contributed by atoms with E-state index in [2.05, 4.69) is 30.3 Å². The zero-order valence-electron chi connectivity index (χ0n) is 19.2. The van der Waals surface area contributed by atoms with Gasteiger partial charge in [-0.25, -0.2) is 9.37 Å². The molecule has 4 aromatic heterocycles. The average molecular weight is 482 g/mol. The summed E-state index contributed by atoms with van der Waals surface area (Å²) in [7, 11) is 5.32. The molecule has 0 spiro atoms. The number of aromatic nitrogens is 5. The molecule has 0 bridgehead atoms. The van der Waals surface area contributed by atoms with Gasteiger partial charge in [-0.2, -0.15) is 15.1 Å². The van der Waals surface area contributed by atoms with E-state index in [-0.39, 0.29) is 17.8 Å². The van der Waals surface area contributed by atoms with Gasteiger partial charge in [-0.3, -0.25) is 9.58 Å². The van der Waals surface area contributed by atoms with Gasteiger partial charge < -0.3 is 14.8 Å². The smallest absolute Gasteiger partial charge is 0.223 e. The third-order valence-corrected chi connectivity index (χ3v) is 6.47. The number of pyridine rings is 2. The Labute approximate surface area is 200 Å². The fourth-order valence-electron chi connectivity index (χ4n) is 3.82. The lowest BCUT2D eigenvalue weighted by molar-refractivity contribution is 0.159. The molecule has 176 valence electrons. The van der Waals surface area contributed by atoms with Crippen LogP contribution in [-0.4, -0.2) is 50.3 Å². The minimum Gasteiger partial charge on any atom is -0.480 e. The first-order chi connectivity index (χ1) is 16.4. The Kier molecular flexibility index (Phi) is 5.88. The highest BCUT2D eigenvalue weighted by molar-refractivity contribution is 7.09. The first-order valence-corrected chi connectivity index (χ1v) is 11.6. The van der Waals surface area contributed by atoms with E-state index in [0.717, 1.165) is 16.3 Å². The van der Waals surface area contributed by atoms with Gasteiger partial charge in [-0.05, 0) is 32.2 Å². The number of nitrogens with one attached hydrogen (secondary N) is 1. The van der Waals surface area contributed by atoms with Crippen LogP contribution in [0.3, 0.4) is 0 Å². The Morgan fingerprint density at radius 2 is 2.09 bits per heavy atom. The molecule has 0 saturated carbocycles. The van der Waals surface area contributed by atoms with E-state index in [1.165, 1.54) is 13.2 Å². The molecule has 0 amide bonds. The van der Waals surface area contributed by atoms with Crippen LogP contribution < -0.4 is 14.8 Å². The second-order valence-electron chi connectivity index (χ2n) is 8.19. The molecule has 0 aliphatic carbocycles. The van der Waals surface area contributed by atoms with E-state index < -0.39 is 5.82 Å². The lowest BCUT2D eigenvalue weighted by Gasteiger charge is -2.17. The van der Waals surface area contributed by atoms with Crippen molar-refractivity contribution in [1.29, 1.82) is 0 Å². The molecule has 4 aromatic rings. The van der Waals surface area contributed by atoms with Crippen LogP contribution in [0, 0.1) is 12.7 Å². The van der Waals surface area contributed by atoms with Crippen LogP contribution in [0.2, 0.25) is 0 Å². The largest absolute Gasteiger partial charge is 0.480 e. The van der Waals surface area contributed by atoms with Crippen LogP contribution in [0.1, 0.15) is 22.4 Å². The number of nitrogens with zero attached hydrogens (tertiary/aromatic N) is 6. The average Bonchev–Trinajstić information content (AvgIpc) is 3.40. The number of anilines is 2. The van der Waals surface area contributed by atoms with Gasteiger partial charge >= 0.3 is 0 Å². The summed E-state index contributed by atoms with van der Waals surface area (Å²) in [4.78, 5) is 15.7. The number of fused-ring (bicyclic) bond motifs is 1. The summed E-state index contributed by atoms with van der Waals surface area (Å²) in [5, 5.41) is 10.0. The van der Waals surface area contributed by atoms with E-state index in [1.54, 1.807) is 41.5 Å². The molecule has 1 aliphatic rings. The number of aryl methyl sites for hydroxylation is 2. The molecule has 1 aliphatic heterocycles. The van der Waals surface area contributed by atoms with Gasteiger partial charge in [-0.1, -0.05) is 0 Å². The van der Waals surface area contributed by atoms with Gasteiger partial charge in [0.2, 0.25) is 11.8 Å². The summed E-state index contributed by atoms with van der Waals surface area (Å²) < 4.78 is 28.3. The molecule has 0 radical (unpaired) electrons. The Balaban J connectivity index is 1.44. The Morgan fingerprint density at radius 3 is 2.79 bits per heavy atom. The highest BCUT2D eigenvalue weighted by atomic mass is 32.1. The lowest BCUT2D eigenvalue weighted by Crippen LogP contribution is -2.24. The molecule has 0 saturated heterocycles. The molecule has 5 rings (SSSR count). The quantitative estimate of drug-likeness (QED) is 0.456. The number of hydrogen-bond donors (Lipinski definition) is 1. The zero-order chi connectivity index (χ0) is 23.8. The van der Waals surface area contributed by atoms with Crippen LogP contribution in [0.5, 0.6) is 11.8 Å². The second kappa shape index (κ2) is 8.99. The minimum absolute atomic E-state index is 0.00905. The topological polar surface area (TPSA) is 90.2 Å². The number of ether oxygens (including phenoxy) is 2. The number of halogens is 1. The summed E-state index contributed by atoms with van der Waals surface area (Å²) in [6.45, 7) is 3.34. The fraction of sp³-hybridized carbons (Fsp3) is 0.304. The maximum Gasteiger partial charge on any atom is 0.223 e. The number of methoxy groups -OCH3 is 1. The molecular formula is C23H24FN7O2S. The predicted molar refractivity (Wildman–Crippen MR) is 127 cm³/mol. The standard InChI is InChI=1S/C23H24FN7O2S/c1-13-12-34-23(26-13)18-11-30(2)9-14-5-6-19(28-21(14)33-18)27-20-17(24)7-16(22(29-20)32-4)15-8-25-31(3)10-15/h5-8,10,12,18H,9,11H2,1-4H3,(H,27,28,29). The normalized spacial score (nSPS) is 16.0. The lowest BCUT2D eigenvalue weighted by atomic mass is 10.1. The maximum atomic E-state index is 15.0. The van der Waals surface area contributed by atoms with Gasteiger partial charge in [0.1, 0.15) is 10.8 Å². The zero-order valence-corrected chi connectivity index (χ0v) is 20.1. The SMILES string of the molecule is COc1nc(Nc2ccc3c(n2)OC(c2nc(C)cs2)CN(C)C3)c(F)cc1-c1cnn(C)c1. The van der Waals surface area contributed by atoms with Gasteiger partial charge in [0.25, 0.3) is 0 Å². The first-order valence-electron chi connectivity index (χ1n) is 10.7. The second-order valence-corrected chi connectivity index (χ2v) is 9.08. The molecule has 0 aromatic carbocycles. The van der Waals surface area contributed by atoms with Crippen molar-refractivity contribution in [2.45, 2.75) is 19.6 Å². The summed E-state index contributed by atoms with van der Waals surface area (Å²) in [5.41, 5.74) is 3.13. The number of likely N-dealkylation sites (N-methyl/N-ethyl adjacent to an activating group) is 1. The molecular weight excluding hydrogens is 457 g/mol. The van der Waals surface area contributed by atoms with Crippen molar-refractivity contribution < 1.29 is 13.9 Å². The molecule has 9 nitrogen and oxygen atoms in total. The molecule has 1 N–H and O–H groups in total. The highest BCUT2D eigenvalue weighted by Gasteiger charge is 2.26. The third-order valence-electron chi connectivity index (χ3n) is 5.42. The highest BCUT2D eigenvalue weighted by Crippen LogP contribution is 2.34. The molecule has 34 heavy (non-hydrogen) atoms. The van der Waals surface area contributed by atoms with Crippen molar-refractivity contribution in [2.75, 3.05) is 26.0 Å². The Morgan fingerprint density at radius 1 is 1.24 bits per heavy atom. The van der Waals surface area contributed by atoms with E-state index in [1.807, 2.05) is 25.4 Å². The molecule has 11 heteroatoms. The van der Waals surface area contributed by atoms with Gasteiger partial charge in [-0.15, -0.1) is 11.3 Å². The first kappa shape index (κ1) is 22.2. The van der Waals surface area contributed by atoms with Crippen molar-refractivity contribution in [3.8, 4) is 22.9 Å². The van der Waals surface area contributed by atoms with Gasteiger partial charge in [0.05, 0.1) is 18.9 Å². The van der Waals surface area contributed by atoms with Crippen molar-refractivity contribution in [3.05, 3.63) is 58.1 Å². The molecule has 1 atom stereocenters. The minimum atomic E-state index is -0.534.